The molecule has 5 heteroatoms. The number of hydrogen-bond donors (Lipinski definition) is 0. The van der Waals surface area contributed by atoms with Crippen LogP contribution in [0.5, 0.6) is 0 Å². The zero-order valence-electron chi connectivity index (χ0n) is 13.7. The molecule has 0 radical (unpaired) electrons. The second kappa shape index (κ2) is 5.34. The van der Waals surface area contributed by atoms with Gasteiger partial charge in [0.05, 0.1) is 11.2 Å². The number of aryl methyl sites for hydroxylation is 1. The van der Waals surface area contributed by atoms with Gasteiger partial charge in [0.2, 0.25) is 0 Å². The lowest BCUT2D eigenvalue weighted by Gasteiger charge is -2.34. The maximum Gasteiger partial charge on any atom is 0.192 e. The zero-order chi connectivity index (χ0) is 16.1. The van der Waals surface area contributed by atoms with E-state index in [2.05, 4.69) is 21.4 Å². The molecule has 0 amide bonds. The number of pyridine rings is 1. The number of benzene rings is 1. The topological polar surface area (TPSA) is 28.5 Å². The molecule has 1 aliphatic heterocycles. The summed E-state index contributed by atoms with van der Waals surface area (Å²) in [7, 11) is 2.08. The van der Waals surface area contributed by atoms with Gasteiger partial charge in [0, 0.05) is 49.4 Å². The summed E-state index contributed by atoms with van der Waals surface area (Å²) in [6.07, 6.45) is 4.21. The van der Waals surface area contributed by atoms with E-state index in [1.54, 1.807) is 0 Å². The molecule has 0 atom stereocenters. The van der Waals surface area contributed by atoms with Crippen molar-refractivity contribution in [2.24, 2.45) is 0 Å². The molecule has 1 saturated heterocycles. The van der Waals surface area contributed by atoms with Crippen molar-refractivity contribution in [3.63, 3.8) is 0 Å². The molecular weight excluding hydrogens is 293 g/mol. The Balaban J connectivity index is 1.87. The fraction of sp³-hybridized carbons (Fsp3) is 0.500. The fourth-order valence-corrected chi connectivity index (χ4v) is 3.44. The Labute approximate surface area is 135 Å². The highest BCUT2D eigenvalue weighted by Gasteiger charge is 2.26. The minimum absolute atomic E-state index is 0.0549. The van der Waals surface area contributed by atoms with E-state index in [0.29, 0.717) is 22.7 Å². The van der Waals surface area contributed by atoms with E-state index in [1.165, 1.54) is 6.07 Å². The summed E-state index contributed by atoms with van der Waals surface area (Å²) in [5, 5.41) is 0.507. The highest BCUT2D eigenvalue weighted by Crippen LogP contribution is 2.38. The van der Waals surface area contributed by atoms with Crippen molar-refractivity contribution in [2.45, 2.75) is 25.8 Å². The first-order valence-corrected chi connectivity index (χ1v) is 8.33. The van der Waals surface area contributed by atoms with Gasteiger partial charge in [-0.2, -0.15) is 0 Å². The van der Waals surface area contributed by atoms with Crippen LogP contribution >= 0.6 is 0 Å². The maximum absolute atomic E-state index is 14.7. The summed E-state index contributed by atoms with van der Waals surface area (Å²) >= 11 is 0. The molecule has 0 N–H and O–H groups in total. The molecule has 23 heavy (non-hydrogen) atoms. The molecule has 0 bridgehead atoms. The van der Waals surface area contributed by atoms with E-state index in [9.17, 15) is 9.18 Å². The van der Waals surface area contributed by atoms with Gasteiger partial charge in [-0.15, -0.1) is 0 Å². The summed E-state index contributed by atoms with van der Waals surface area (Å²) < 4.78 is 16.8. The van der Waals surface area contributed by atoms with Crippen molar-refractivity contribution in [3.05, 3.63) is 39.9 Å². The number of aromatic nitrogens is 1. The van der Waals surface area contributed by atoms with Crippen LogP contribution in [0.1, 0.15) is 24.4 Å². The summed E-state index contributed by atoms with van der Waals surface area (Å²) in [6.45, 7) is 5.31. The largest absolute Gasteiger partial charge is 0.367 e. The van der Waals surface area contributed by atoms with E-state index in [4.69, 9.17) is 0 Å². The zero-order valence-corrected chi connectivity index (χ0v) is 13.7. The molecule has 2 fully saturated rings. The Morgan fingerprint density at radius 2 is 1.83 bits per heavy atom. The fourth-order valence-electron chi connectivity index (χ4n) is 3.44. The Morgan fingerprint density at radius 3 is 2.48 bits per heavy atom. The van der Waals surface area contributed by atoms with Gasteiger partial charge < -0.3 is 14.4 Å². The van der Waals surface area contributed by atoms with E-state index >= 15 is 0 Å². The van der Waals surface area contributed by atoms with Crippen molar-refractivity contribution < 1.29 is 4.39 Å². The van der Waals surface area contributed by atoms with E-state index < -0.39 is 0 Å². The van der Waals surface area contributed by atoms with Crippen LogP contribution < -0.4 is 10.3 Å². The van der Waals surface area contributed by atoms with Crippen LogP contribution in [-0.4, -0.2) is 42.7 Å². The van der Waals surface area contributed by atoms with Crippen LogP contribution in [0.4, 0.5) is 10.1 Å². The first-order valence-electron chi connectivity index (χ1n) is 8.33. The molecule has 1 aliphatic carbocycles. The predicted molar refractivity (Wildman–Crippen MR) is 90.9 cm³/mol. The minimum atomic E-state index is -0.285. The van der Waals surface area contributed by atoms with Crippen molar-refractivity contribution in [1.29, 1.82) is 0 Å². The molecule has 0 unspecified atom stereocenters. The van der Waals surface area contributed by atoms with Gasteiger partial charge in [-0.25, -0.2) is 4.39 Å². The average molecular weight is 315 g/mol. The molecule has 1 saturated carbocycles. The standard InChI is InChI=1S/C18H22FN3O/c1-12-11-22(13-3-4-13)16-10-17(15(19)9-14(16)18(12)23)21-7-5-20(2)6-8-21/h9-11,13H,3-8H2,1-2H3. The highest BCUT2D eigenvalue weighted by molar-refractivity contribution is 5.84. The van der Waals surface area contributed by atoms with Crippen LogP contribution in [0.25, 0.3) is 10.9 Å². The first-order chi connectivity index (χ1) is 11.0. The number of hydrogen-bond acceptors (Lipinski definition) is 3. The van der Waals surface area contributed by atoms with Gasteiger partial charge in [-0.1, -0.05) is 0 Å². The van der Waals surface area contributed by atoms with Crippen molar-refractivity contribution in [1.82, 2.24) is 9.47 Å². The monoisotopic (exact) mass is 315 g/mol. The molecule has 0 spiro atoms. The Kier molecular flexibility index (Phi) is 3.41. The van der Waals surface area contributed by atoms with Gasteiger partial charge in [-0.3, -0.25) is 4.79 Å². The maximum atomic E-state index is 14.7. The Hall–Kier alpha value is -1.88. The molecule has 4 rings (SSSR count). The van der Waals surface area contributed by atoms with Crippen LogP contribution in [-0.2, 0) is 0 Å². The lowest BCUT2D eigenvalue weighted by atomic mass is 10.1. The number of anilines is 1. The van der Waals surface area contributed by atoms with Crippen molar-refractivity contribution >= 4 is 16.6 Å². The SMILES string of the molecule is Cc1cn(C2CC2)c2cc(N3CCN(C)CC3)c(F)cc2c1=O. The average Bonchev–Trinajstić information content (AvgIpc) is 3.36. The summed E-state index contributed by atoms with van der Waals surface area (Å²) in [6, 6.07) is 3.79. The first kappa shape index (κ1) is 14.7. The van der Waals surface area contributed by atoms with Gasteiger partial charge in [-0.05, 0) is 38.9 Å². The summed E-state index contributed by atoms with van der Waals surface area (Å²) in [5.41, 5.74) is 2.14. The van der Waals surface area contributed by atoms with E-state index in [1.807, 2.05) is 19.2 Å². The minimum Gasteiger partial charge on any atom is -0.367 e. The van der Waals surface area contributed by atoms with Gasteiger partial charge in [0.15, 0.2) is 5.43 Å². The third-order valence-electron chi connectivity index (χ3n) is 5.06. The number of rotatable bonds is 2. The lowest BCUT2D eigenvalue weighted by Crippen LogP contribution is -2.44. The van der Waals surface area contributed by atoms with Gasteiger partial charge in [0.1, 0.15) is 5.82 Å². The molecule has 2 aromatic rings. The quantitative estimate of drug-likeness (QED) is 0.853. The van der Waals surface area contributed by atoms with E-state index in [0.717, 1.165) is 44.5 Å². The molecular formula is C18H22FN3O. The van der Waals surface area contributed by atoms with Crippen LogP contribution in [0.2, 0.25) is 0 Å². The number of nitrogens with zero attached hydrogens (tertiary/aromatic N) is 3. The number of piperazine rings is 1. The number of fused-ring (bicyclic) bond motifs is 1. The molecule has 1 aromatic carbocycles. The predicted octanol–water partition coefficient (Wildman–Crippen LogP) is 2.54. The normalized spacial score (nSPS) is 19.5. The second-order valence-electron chi connectivity index (χ2n) is 6.89. The lowest BCUT2D eigenvalue weighted by molar-refractivity contribution is 0.312. The summed E-state index contributed by atoms with van der Waals surface area (Å²) in [5.74, 6) is -0.285. The molecule has 2 aliphatic rings. The van der Waals surface area contributed by atoms with E-state index in [-0.39, 0.29) is 11.2 Å². The Bertz CT molecular complexity index is 817. The molecule has 2 heterocycles. The number of halogens is 1. The summed E-state index contributed by atoms with van der Waals surface area (Å²) in [4.78, 5) is 16.7. The van der Waals surface area contributed by atoms with Crippen LogP contribution in [0.3, 0.4) is 0 Å². The molecule has 1 aromatic heterocycles. The third kappa shape index (κ3) is 2.53. The van der Waals surface area contributed by atoms with Gasteiger partial charge >= 0.3 is 0 Å². The smallest absolute Gasteiger partial charge is 0.192 e. The van der Waals surface area contributed by atoms with Crippen molar-refractivity contribution in [2.75, 3.05) is 38.1 Å². The molecule has 4 nitrogen and oxygen atoms in total. The Morgan fingerprint density at radius 1 is 1.13 bits per heavy atom. The van der Waals surface area contributed by atoms with Crippen LogP contribution in [0, 0.1) is 12.7 Å². The van der Waals surface area contributed by atoms with Gasteiger partial charge in [0.25, 0.3) is 0 Å². The van der Waals surface area contributed by atoms with Crippen molar-refractivity contribution in [3.8, 4) is 0 Å². The number of likely N-dealkylation sites (N-methyl/N-ethyl adjacent to an activating group) is 1. The highest BCUT2D eigenvalue weighted by atomic mass is 19.1. The van der Waals surface area contributed by atoms with Crippen LogP contribution in [0.15, 0.2) is 23.1 Å². The second-order valence-corrected chi connectivity index (χ2v) is 6.89. The molecule has 122 valence electrons. The third-order valence-corrected chi connectivity index (χ3v) is 5.06.